The SMILES string of the molecule is O=C1OCCC2CCC3CC4NNCC4C(c4ncc5c(nc(OC[C@@]67CCCN6C[C@H](F)C7)nc5c4F)N4CCC[C@H](C4)O1)C23. The van der Waals surface area contributed by atoms with Gasteiger partial charge in [0.2, 0.25) is 0 Å². The number of fused-ring (bicyclic) bond motifs is 7. The van der Waals surface area contributed by atoms with E-state index in [4.69, 9.17) is 29.2 Å². The Balaban J connectivity index is 1.16. The summed E-state index contributed by atoms with van der Waals surface area (Å²) >= 11 is 0. The molecule has 6 bridgehead atoms. The van der Waals surface area contributed by atoms with Crippen LogP contribution in [-0.4, -0.2) is 95.8 Å². The Labute approximate surface area is 267 Å². The maximum absolute atomic E-state index is 17.2. The number of anilines is 1. The molecule has 0 radical (unpaired) electrons. The number of carbonyl (C=O) groups excluding carboxylic acids is 1. The number of carbonyl (C=O) groups is 1. The second-order valence-corrected chi connectivity index (χ2v) is 14.9. The third kappa shape index (κ3) is 4.82. The van der Waals surface area contributed by atoms with Crippen molar-refractivity contribution in [3.63, 3.8) is 0 Å². The normalized spacial score (nSPS) is 38.9. The second-order valence-electron chi connectivity index (χ2n) is 14.9. The third-order valence-electron chi connectivity index (χ3n) is 12.4. The lowest BCUT2D eigenvalue weighted by Gasteiger charge is -2.43. The molecule has 0 amide bonds. The number of pyridine rings is 1. The van der Waals surface area contributed by atoms with Gasteiger partial charge in [-0.15, -0.1) is 0 Å². The number of alkyl halides is 1. The minimum atomic E-state index is -0.881. The zero-order chi connectivity index (χ0) is 31.0. The summed E-state index contributed by atoms with van der Waals surface area (Å²) in [6.07, 6.45) is 7.44. The molecule has 248 valence electrons. The molecule has 6 fully saturated rings. The van der Waals surface area contributed by atoms with Gasteiger partial charge in [-0.05, 0) is 81.6 Å². The molecule has 2 aromatic heterocycles. The van der Waals surface area contributed by atoms with Crippen LogP contribution in [0, 0.1) is 29.5 Å². The zero-order valence-electron chi connectivity index (χ0n) is 26.1. The van der Waals surface area contributed by atoms with Crippen LogP contribution >= 0.6 is 0 Å². The Morgan fingerprint density at radius 1 is 1.11 bits per heavy atom. The molecule has 2 aromatic rings. The van der Waals surface area contributed by atoms with Crippen molar-refractivity contribution in [3.05, 3.63) is 17.7 Å². The molecule has 46 heavy (non-hydrogen) atoms. The average molecular weight is 640 g/mol. The number of ether oxygens (including phenoxy) is 3. The Hall–Kier alpha value is -2.90. The summed E-state index contributed by atoms with van der Waals surface area (Å²) in [5.74, 6) is 1.12. The van der Waals surface area contributed by atoms with Crippen molar-refractivity contribution in [1.29, 1.82) is 0 Å². The van der Waals surface area contributed by atoms with Crippen LogP contribution in [0.15, 0.2) is 6.20 Å². The number of hydrogen-bond acceptors (Lipinski definition) is 11. The van der Waals surface area contributed by atoms with E-state index in [9.17, 15) is 9.18 Å². The minimum Gasteiger partial charge on any atom is -0.461 e. The Morgan fingerprint density at radius 2 is 2.02 bits per heavy atom. The van der Waals surface area contributed by atoms with Gasteiger partial charge in [0.05, 0.1) is 29.8 Å². The van der Waals surface area contributed by atoms with Crippen LogP contribution in [0.4, 0.5) is 19.4 Å². The fourth-order valence-corrected chi connectivity index (χ4v) is 10.5. The highest BCUT2D eigenvalue weighted by atomic mass is 19.1. The molecule has 11 nitrogen and oxygen atoms in total. The van der Waals surface area contributed by atoms with Crippen molar-refractivity contribution >= 4 is 22.9 Å². The van der Waals surface area contributed by atoms with E-state index in [1.54, 1.807) is 6.20 Å². The Kier molecular flexibility index (Phi) is 7.23. The molecule has 13 heteroatoms. The standard InChI is InChI=1S/C33H43F2N7O4/c34-20-12-33(7-2-9-42(33)15-20)17-45-31-38-28-23-13-36-29(27(28)35)26-22-14-37-40-24(22)11-19-5-4-18(25(19)26)6-10-44-32(43)46-21-3-1-8-41(16-21)30(23)39-31/h13,18-22,24-26,37,40H,1-12,14-17H2/t18?,19?,20-,21-,22?,24?,25?,26?,33+/m1/s1. The molecule has 8 heterocycles. The van der Waals surface area contributed by atoms with Crippen molar-refractivity contribution in [2.24, 2.45) is 23.7 Å². The predicted molar refractivity (Wildman–Crippen MR) is 164 cm³/mol. The summed E-state index contributed by atoms with van der Waals surface area (Å²) in [5.41, 5.74) is 7.10. The van der Waals surface area contributed by atoms with Crippen molar-refractivity contribution < 1.29 is 27.8 Å². The summed E-state index contributed by atoms with van der Waals surface area (Å²) in [4.78, 5) is 31.5. The highest BCUT2D eigenvalue weighted by molar-refractivity contribution is 5.90. The van der Waals surface area contributed by atoms with E-state index in [-0.39, 0.29) is 53.6 Å². The van der Waals surface area contributed by atoms with E-state index in [0.717, 1.165) is 58.0 Å². The Bertz CT molecular complexity index is 1520. The van der Waals surface area contributed by atoms with Gasteiger partial charge in [-0.25, -0.2) is 13.6 Å². The molecule has 2 aliphatic carbocycles. The van der Waals surface area contributed by atoms with Gasteiger partial charge < -0.3 is 19.1 Å². The van der Waals surface area contributed by atoms with E-state index in [1.165, 1.54) is 0 Å². The fraction of sp³-hybridized carbons (Fsp3) is 0.758. The highest BCUT2D eigenvalue weighted by Gasteiger charge is 2.54. The van der Waals surface area contributed by atoms with Gasteiger partial charge in [-0.2, -0.15) is 9.97 Å². The Morgan fingerprint density at radius 3 is 2.96 bits per heavy atom. The predicted octanol–water partition coefficient (Wildman–Crippen LogP) is 3.87. The quantitative estimate of drug-likeness (QED) is 0.478. The molecule has 10 rings (SSSR count). The number of nitrogens with one attached hydrogen (secondary N) is 2. The third-order valence-corrected chi connectivity index (χ3v) is 12.4. The highest BCUT2D eigenvalue weighted by Crippen LogP contribution is 2.56. The molecule has 8 aliphatic rings. The van der Waals surface area contributed by atoms with Crippen LogP contribution in [-0.2, 0) is 9.47 Å². The number of nitrogens with zero attached hydrogens (tertiary/aromatic N) is 5. The van der Waals surface area contributed by atoms with Gasteiger partial charge in [0.25, 0.3) is 0 Å². The van der Waals surface area contributed by atoms with Crippen molar-refractivity contribution in [2.75, 3.05) is 50.8 Å². The molecule has 6 unspecified atom stereocenters. The molecule has 0 aromatic carbocycles. The lowest BCUT2D eigenvalue weighted by Crippen LogP contribution is -2.45. The number of rotatable bonds is 3. The molecular formula is C33H43F2N7O4. The van der Waals surface area contributed by atoms with Gasteiger partial charge in [0.1, 0.15) is 30.2 Å². The number of piperidine rings is 1. The van der Waals surface area contributed by atoms with E-state index >= 15 is 4.39 Å². The minimum absolute atomic E-state index is 0.0907. The first-order valence-corrected chi connectivity index (χ1v) is 17.4. The maximum atomic E-state index is 17.2. The van der Waals surface area contributed by atoms with Crippen LogP contribution < -0.4 is 20.5 Å². The summed E-state index contributed by atoms with van der Waals surface area (Å²) in [6.45, 7) is 3.60. The molecule has 4 saturated heterocycles. The molecule has 9 atom stereocenters. The summed E-state index contributed by atoms with van der Waals surface area (Å²) in [5, 5.41) is 0.517. The summed E-state index contributed by atoms with van der Waals surface area (Å²) < 4.78 is 49.5. The van der Waals surface area contributed by atoms with Crippen molar-refractivity contribution in [2.45, 2.75) is 87.6 Å². The second kappa shape index (κ2) is 11.4. The largest absolute Gasteiger partial charge is 0.508 e. The topological polar surface area (TPSA) is 114 Å². The summed E-state index contributed by atoms with van der Waals surface area (Å²) in [7, 11) is 0. The maximum Gasteiger partial charge on any atom is 0.508 e. The number of halogens is 2. The van der Waals surface area contributed by atoms with Crippen LogP contribution in [0.5, 0.6) is 6.01 Å². The smallest absolute Gasteiger partial charge is 0.461 e. The lowest BCUT2D eigenvalue weighted by atomic mass is 9.62. The van der Waals surface area contributed by atoms with Gasteiger partial charge in [0.15, 0.2) is 5.82 Å². The fourth-order valence-electron chi connectivity index (χ4n) is 10.5. The number of aromatic nitrogens is 3. The van der Waals surface area contributed by atoms with Gasteiger partial charge in [0, 0.05) is 44.2 Å². The van der Waals surface area contributed by atoms with E-state index < -0.39 is 18.1 Å². The van der Waals surface area contributed by atoms with Gasteiger partial charge in [-0.3, -0.25) is 20.7 Å². The van der Waals surface area contributed by atoms with Crippen LogP contribution in [0.1, 0.15) is 69.4 Å². The lowest BCUT2D eigenvalue weighted by molar-refractivity contribution is 0.0136. The van der Waals surface area contributed by atoms with Crippen LogP contribution in [0.25, 0.3) is 10.9 Å². The first kappa shape index (κ1) is 29.3. The first-order chi connectivity index (χ1) is 22.5. The van der Waals surface area contributed by atoms with Crippen molar-refractivity contribution in [1.82, 2.24) is 30.7 Å². The molecule has 2 saturated carbocycles. The van der Waals surface area contributed by atoms with Gasteiger partial charge in [-0.1, -0.05) is 0 Å². The zero-order valence-corrected chi connectivity index (χ0v) is 26.1. The van der Waals surface area contributed by atoms with E-state index in [1.807, 2.05) is 4.90 Å². The molecular weight excluding hydrogens is 596 g/mol. The molecule has 2 N–H and O–H groups in total. The monoisotopic (exact) mass is 639 g/mol. The number of hydrazine groups is 1. The molecule has 6 aliphatic heterocycles. The number of hydrogen-bond donors (Lipinski definition) is 2. The van der Waals surface area contributed by atoms with E-state index in [2.05, 4.69) is 15.8 Å². The summed E-state index contributed by atoms with van der Waals surface area (Å²) in [6, 6.07) is 0.330. The first-order valence-electron chi connectivity index (χ1n) is 17.4. The molecule has 0 spiro atoms. The van der Waals surface area contributed by atoms with Crippen molar-refractivity contribution in [3.8, 4) is 6.01 Å². The van der Waals surface area contributed by atoms with Crippen LogP contribution in [0.3, 0.4) is 0 Å². The van der Waals surface area contributed by atoms with Crippen LogP contribution in [0.2, 0.25) is 0 Å². The van der Waals surface area contributed by atoms with E-state index in [0.29, 0.717) is 67.8 Å². The van der Waals surface area contributed by atoms with Gasteiger partial charge >= 0.3 is 12.2 Å². The average Bonchev–Trinajstić information content (AvgIpc) is 3.83.